The van der Waals surface area contributed by atoms with E-state index in [4.69, 9.17) is 0 Å². The van der Waals surface area contributed by atoms with E-state index in [1.54, 1.807) is 6.08 Å². The summed E-state index contributed by atoms with van der Waals surface area (Å²) in [7, 11) is 0. The van der Waals surface area contributed by atoms with E-state index >= 15 is 0 Å². The predicted molar refractivity (Wildman–Crippen MR) is 62.6 cm³/mol. The molecule has 2 rings (SSSR count). The molecule has 1 aromatic rings. The van der Waals surface area contributed by atoms with Gasteiger partial charge in [0.2, 0.25) is 6.08 Å². The molecule has 0 atom stereocenters. The van der Waals surface area contributed by atoms with Crippen LogP contribution in [0.15, 0.2) is 21.6 Å². The highest BCUT2D eigenvalue weighted by atomic mass is 79.9. The number of hydrogen-bond acceptors (Lipinski definition) is 2. The summed E-state index contributed by atoms with van der Waals surface area (Å²) in [6, 6.07) is 4.20. The monoisotopic (exact) mass is 265 g/mol. The van der Waals surface area contributed by atoms with Gasteiger partial charge >= 0.3 is 0 Å². The van der Waals surface area contributed by atoms with Crippen LogP contribution in [0.25, 0.3) is 0 Å². The van der Waals surface area contributed by atoms with E-state index in [0.29, 0.717) is 0 Å². The fraction of sp³-hybridized carbons (Fsp3) is 0.417. The minimum absolute atomic E-state index is 0.252. The summed E-state index contributed by atoms with van der Waals surface area (Å²) in [5.74, 6) is 0. The summed E-state index contributed by atoms with van der Waals surface area (Å²) in [6.07, 6.45) is 3.61. The number of aliphatic imine (C=N–C) groups is 1. The molecule has 0 aromatic heterocycles. The highest BCUT2D eigenvalue weighted by Crippen LogP contribution is 2.50. The zero-order valence-corrected chi connectivity index (χ0v) is 10.4. The number of benzene rings is 1. The Balaban J connectivity index is 2.51. The zero-order valence-electron chi connectivity index (χ0n) is 8.80. The third-order valence-electron chi connectivity index (χ3n) is 2.96. The molecule has 1 fully saturated rings. The van der Waals surface area contributed by atoms with E-state index < -0.39 is 0 Å². The SMILES string of the molecule is Cc1cc(C2(N=C=O)CC2)cc(C)c1Br. The second kappa shape index (κ2) is 3.58. The maximum absolute atomic E-state index is 10.4. The van der Waals surface area contributed by atoms with Crippen LogP contribution in [-0.2, 0) is 10.3 Å². The predicted octanol–water partition coefficient (Wildman–Crippen LogP) is 3.39. The van der Waals surface area contributed by atoms with Crippen molar-refractivity contribution in [2.45, 2.75) is 32.2 Å². The first-order valence-electron chi connectivity index (χ1n) is 4.95. The summed E-state index contributed by atoms with van der Waals surface area (Å²) >= 11 is 3.53. The quantitative estimate of drug-likeness (QED) is 0.596. The van der Waals surface area contributed by atoms with Gasteiger partial charge in [0.05, 0.1) is 5.54 Å². The number of halogens is 1. The van der Waals surface area contributed by atoms with E-state index in [1.165, 1.54) is 11.1 Å². The summed E-state index contributed by atoms with van der Waals surface area (Å²) in [5.41, 5.74) is 3.27. The van der Waals surface area contributed by atoms with Gasteiger partial charge in [-0.05, 0) is 43.4 Å². The maximum atomic E-state index is 10.4. The summed E-state index contributed by atoms with van der Waals surface area (Å²) in [4.78, 5) is 14.3. The van der Waals surface area contributed by atoms with Crippen LogP contribution in [0.1, 0.15) is 29.5 Å². The largest absolute Gasteiger partial charge is 0.235 e. The Hall–Kier alpha value is -0.920. The molecule has 78 valence electrons. The summed E-state index contributed by atoms with van der Waals surface area (Å²) in [5, 5.41) is 0. The lowest BCUT2D eigenvalue weighted by molar-refractivity contribution is 0.556. The Kier molecular flexibility index (Phi) is 2.53. The summed E-state index contributed by atoms with van der Waals surface area (Å²) in [6.45, 7) is 4.11. The molecule has 0 bridgehead atoms. The lowest BCUT2D eigenvalue weighted by atomic mass is 10.0. The Morgan fingerprint density at radius 3 is 2.27 bits per heavy atom. The molecule has 0 N–H and O–H groups in total. The average Bonchev–Trinajstić information content (AvgIpc) is 2.95. The van der Waals surface area contributed by atoms with Gasteiger partial charge < -0.3 is 0 Å². The number of aryl methyl sites for hydroxylation is 2. The van der Waals surface area contributed by atoms with Gasteiger partial charge in [-0.15, -0.1) is 0 Å². The van der Waals surface area contributed by atoms with E-state index in [0.717, 1.165) is 22.9 Å². The second-order valence-electron chi connectivity index (χ2n) is 4.16. The van der Waals surface area contributed by atoms with Crippen molar-refractivity contribution >= 4 is 22.0 Å². The third kappa shape index (κ3) is 1.77. The molecular formula is C12H12BrNO. The van der Waals surface area contributed by atoms with Crippen molar-refractivity contribution < 1.29 is 4.79 Å². The van der Waals surface area contributed by atoms with Gasteiger partial charge in [-0.25, -0.2) is 4.79 Å². The van der Waals surface area contributed by atoms with E-state index in [-0.39, 0.29) is 5.54 Å². The molecule has 1 aliphatic rings. The zero-order chi connectivity index (χ0) is 11.1. The molecule has 15 heavy (non-hydrogen) atoms. The van der Waals surface area contributed by atoms with Crippen LogP contribution < -0.4 is 0 Å². The standard InChI is InChI=1S/C12H12BrNO/c1-8-5-10(6-9(2)11(8)13)12(3-4-12)14-7-15/h5-6H,3-4H2,1-2H3. The van der Waals surface area contributed by atoms with E-state index in [1.807, 2.05) is 0 Å². The highest BCUT2D eigenvalue weighted by molar-refractivity contribution is 9.10. The maximum Gasteiger partial charge on any atom is 0.235 e. The molecule has 2 nitrogen and oxygen atoms in total. The van der Waals surface area contributed by atoms with Crippen LogP contribution in [-0.4, -0.2) is 6.08 Å². The summed E-state index contributed by atoms with van der Waals surface area (Å²) < 4.78 is 1.14. The van der Waals surface area contributed by atoms with Crippen molar-refractivity contribution in [2.75, 3.05) is 0 Å². The van der Waals surface area contributed by atoms with Gasteiger partial charge in [0.1, 0.15) is 0 Å². The second-order valence-corrected chi connectivity index (χ2v) is 4.95. The smallest absolute Gasteiger partial charge is 0.211 e. The number of nitrogens with zero attached hydrogens (tertiary/aromatic N) is 1. The van der Waals surface area contributed by atoms with Gasteiger partial charge in [-0.2, -0.15) is 4.99 Å². The van der Waals surface area contributed by atoms with Gasteiger partial charge in [0.25, 0.3) is 0 Å². The van der Waals surface area contributed by atoms with Crippen LogP contribution in [0, 0.1) is 13.8 Å². The molecule has 0 heterocycles. The van der Waals surface area contributed by atoms with Crippen LogP contribution in [0.4, 0.5) is 0 Å². The van der Waals surface area contributed by atoms with E-state index in [9.17, 15) is 4.79 Å². The lowest BCUT2D eigenvalue weighted by Crippen LogP contribution is -2.03. The fourth-order valence-corrected chi connectivity index (χ4v) is 2.11. The molecular weight excluding hydrogens is 254 g/mol. The van der Waals surface area contributed by atoms with Crippen molar-refractivity contribution in [3.05, 3.63) is 33.3 Å². The third-order valence-corrected chi connectivity index (χ3v) is 4.21. The molecule has 1 saturated carbocycles. The Morgan fingerprint density at radius 2 is 1.87 bits per heavy atom. The number of hydrogen-bond donors (Lipinski definition) is 0. The topological polar surface area (TPSA) is 29.4 Å². The minimum Gasteiger partial charge on any atom is -0.211 e. The first-order chi connectivity index (χ1) is 7.09. The van der Waals surface area contributed by atoms with Crippen molar-refractivity contribution in [3.8, 4) is 0 Å². The molecule has 0 radical (unpaired) electrons. The highest BCUT2D eigenvalue weighted by Gasteiger charge is 2.45. The van der Waals surface area contributed by atoms with E-state index in [2.05, 4.69) is 46.9 Å². The number of rotatable bonds is 2. The van der Waals surface area contributed by atoms with Crippen molar-refractivity contribution in [2.24, 2.45) is 4.99 Å². The molecule has 0 spiro atoms. The molecule has 0 saturated heterocycles. The first kappa shape index (κ1) is 10.6. The average molecular weight is 266 g/mol. The fourth-order valence-electron chi connectivity index (χ4n) is 1.89. The van der Waals surface area contributed by atoms with Gasteiger partial charge in [0.15, 0.2) is 0 Å². The lowest BCUT2D eigenvalue weighted by Gasteiger charge is -2.12. The molecule has 1 aliphatic carbocycles. The van der Waals surface area contributed by atoms with Crippen LogP contribution in [0.2, 0.25) is 0 Å². The van der Waals surface area contributed by atoms with Crippen molar-refractivity contribution in [3.63, 3.8) is 0 Å². The molecule has 0 unspecified atom stereocenters. The van der Waals surface area contributed by atoms with Gasteiger partial charge in [-0.1, -0.05) is 28.1 Å². The van der Waals surface area contributed by atoms with Crippen LogP contribution in [0.3, 0.4) is 0 Å². The van der Waals surface area contributed by atoms with Crippen molar-refractivity contribution in [1.29, 1.82) is 0 Å². The van der Waals surface area contributed by atoms with Gasteiger partial charge in [-0.3, -0.25) is 0 Å². The molecule has 3 heteroatoms. The van der Waals surface area contributed by atoms with Gasteiger partial charge in [0, 0.05) is 4.47 Å². The Bertz CT molecular complexity index is 434. The normalized spacial score (nSPS) is 17.0. The minimum atomic E-state index is -0.252. The Labute approximate surface area is 97.5 Å². The molecule has 0 amide bonds. The number of isocyanates is 1. The Morgan fingerprint density at radius 1 is 1.33 bits per heavy atom. The van der Waals surface area contributed by atoms with Crippen molar-refractivity contribution in [1.82, 2.24) is 0 Å². The first-order valence-corrected chi connectivity index (χ1v) is 5.75. The number of carbonyl (C=O) groups excluding carboxylic acids is 1. The molecule has 1 aromatic carbocycles. The molecule has 0 aliphatic heterocycles. The van der Waals surface area contributed by atoms with Crippen LogP contribution in [0.5, 0.6) is 0 Å². The van der Waals surface area contributed by atoms with Crippen LogP contribution >= 0.6 is 15.9 Å².